The van der Waals surface area contributed by atoms with Crippen molar-refractivity contribution >= 4 is 17.9 Å². The van der Waals surface area contributed by atoms with Crippen LogP contribution in [-0.2, 0) is 4.79 Å². The summed E-state index contributed by atoms with van der Waals surface area (Å²) in [6.07, 6.45) is 5.28. The Morgan fingerprint density at radius 3 is 2.55 bits per heavy atom. The second kappa shape index (κ2) is 9.92. The molecule has 0 saturated carbocycles. The van der Waals surface area contributed by atoms with Crippen molar-refractivity contribution < 1.29 is 14.3 Å². The maximum absolute atomic E-state index is 12.4. The summed E-state index contributed by atoms with van der Waals surface area (Å²) in [5, 5.41) is 3.02. The molecular formula is C24H28N2O3. The largest absolute Gasteiger partial charge is 0.496 e. The quantitative estimate of drug-likeness (QED) is 0.763. The molecule has 29 heavy (non-hydrogen) atoms. The summed E-state index contributed by atoms with van der Waals surface area (Å²) in [4.78, 5) is 26.7. The van der Waals surface area contributed by atoms with Gasteiger partial charge in [0.1, 0.15) is 5.75 Å². The summed E-state index contributed by atoms with van der Waals surface area (Å²) >= 11 is 0. The lowest BCUT2D eigenvalue weighted by Crippen LogP contribution is -2.41. The molecule has 2 aromatic rings. The SMILES string of the molecule is COc1cc(C(=O)NCC2CCN(C(=O)/C=C/c3ccccc3)CC2)ccc1C. The Labute approximate surface area is 172 Å². The number of carbonyl (C=O) groups excluding carboxylic acids is 2. The third-order valence-electron chi connectivity index (χ3n) is 5.37. The van der Waals surface area contributed by atoms with E-state index in [1.807, 2.05) is 60.4 Å². The fraction of sp³-hybridized carbons (Fsp3) is 0.333. The van der Waals surface area contributed by atoms with Crippen LogP contribution in [0.25, 0.3) is 6.08 Å². The molecule has 1 aliphatic rings. The highest BCUT2D eigenvalue weighted by Gasteiger charge is 2.22. The lowest BCUT2D eigenvalue weighted by molar-refractivity contribution is -0.127. The number of hydrogen-bond acceptors (Lipinski definition) is 3. The lowest BCUT2D eigenvalue weighted by Gasteiger charge is -2.31. The molecule has 5 heteroatoms. The van der Waals surface area contributed by atoms with E-state index in [9.17, 15) is 9.59 Å². The Hall–Kier alpha value is -3.08. The van der Waals surface area contributed by atoms with Crippen LogP contribution in [0.15, 0.2) is 54.6 Å². The van der Waals surface area contributed by atoms with E-state index >= 15 is 0 Å². The van der Waals surface area contributed by atoms with Gasteiger partial charge in [0.2, 0.25) is 5.91 Å². The Balaban J connectivity index is 1.44. The molecule has 0 radical (unpaired) electrons. The van der Waals surface area contributed by atoms with E-state index in [-0.39, 0.29) is 11.8 Å². The number of likely N-dealkylation sites (tertiary alicyclic amines) is 1. The Morgan fingerprint density at radius 2 is 1.86 bits per heavy atom. The molecule has 2 amide bonds. The first-order valence-corrected chi connectivity index (χ1v) is 10.0. The van der Waals surface area contributed by atoms with Crippen molar-refractivity contribution in [3.8, 4) is 5.75 Å². The van der Waals surface area contributed by atoms with Crippen LogP contribution >= 0.6 is 0 Å². The fourth-order valence-electron chi connectivity index (χ4n) is 3.49. The van der Waals surface area contributed by atoms with Gasteiger partial charge in [-0.05, 0) is 55.0 Å². The highest BCUT2D eigenvalue weighted by Crippen LogP contribution is 2.20. The summed E-state index contributed by atoms with van der Waals surface area (Å²) < 4.78 is 5.29. The number of ether oxygens (including phenoxy) is 1. The zero-order valence-corrected chi connectivity index (χ0v) is 17.1. The second-order valence-corrected chi connectivity index (χ2v) is 7.41. The van der Waals surface area contributed by atoms with Crippen molar-refractivity contribution in [1.82, 2.24) is 10.2 Å². The van der Waals surface area contributed by atoms with Crippen LogP contribution in [0.2, 0.25) is 0 Å². The molecule has 1 heterocycles. The van der Waals surface area contributed by atoms with Gasteiger partial charge in [-0.1, -0.05) is 36.4 Å². The van der Waals surface area contributed by atoms with Gasteiger partial charge in [0.05, 0.1) is 7.11 Å². The second-order valence-electron chi connectivity index (χ2n) is 7.41. The molecule has 1 aliphatic heterocycles. The maximum Gasteiger partial charge on any atom is 0.251 e. The van der Waals surface area contributed by atoms with Crippen molar-refractivity contribution in [2.75, 3.05) is 26.7 Å². The maximum atomic E-state index is 12.4. The number of carbonyl (C=O) groups is 2. The number of hydrogen-bond donors (Lipinski definition) is 1. The standard InChI is InChI=1S/C24H28N2O3/c1-18-8-10-21(16-22(18)29-2)24(28)25-17-20-12-14-26(15-13-20)23(27)11-9-19-6-4-3-5-7-19/h3-11,16,20H,12-15,17H2,1-2H3,(H,25,28)/b11-9+. The summed E-state index contributed by atoms with van der Waals surface area (Å²) in [6, 6.07) is 15.3. The third kappa shape index (κ3) is 5.70. The third-order valence-corrected chi connectivity index (χ3v) is 5.37. The highest BCUT2D eigenvalue weighted by molar-refractivity contribution is 5.94. The van der Waals surface area contributed by atoms with Gasteiger partial charge in [-0.25, -0.2) is 0 Å². The topological polar surface area (TPSA) is 58.6 Å². The molecule has 3 rings (SSSR count). The van der Waals surface area contributed by atoms with Crippen molar-refractivity contribution in [3.05, 3.63) is 71.3 Å². The molecular weight excluding hydrogens is 364 g/mol. The molecule has 0 atom stereocenters. The van der Waals surface area contributed by atoms with Gasteiger partial charge in [0, 0.05) is 31.3 Å². The van der Waals surface area contributed by atoms with E-state index in [2.05, 4.69) is 5.32 Å². The predicted octanol–water partition coefficient (Wildman–Crippen LogP) is 3.69. The van der Waals surface area contributed by atoms with E-state index in [1.54, 1.807) is 19.3 Å². The number of rotatable bonds is 6. The van der Waals surface area contributed by atoms with Crippen molar-refractivity contribution in [2.45, 2.75) is 19.8 Å². The first-order valence-electron chi connectivity index (χ1n) is 10.0. The van der Waals surface area contributed by atoms with E-state index in [4.69, 9.17) is 4.74 Å². The van der Waals surface area contributed by atoms with Crippen LogP contribution in [0.5, 0.6) is 5.75 Å². The van der Waals surface area contributed by atoms with Gasteiger partial charge in [0.15, 0.2) is 0 Å². The smallest absolute Gasteiger partial charge is 0.251 e. The average Bonchev–Trinajstić information content (AvgIpc) is 2.77. The van der Waals surface area contributed by atoms with Crippen LogP contribution in [0, 0.1) is 12.8 Å². The van der Waals surface area contributed by atoms with E-state index in [0.29, 0.717) is 23.8 Å². The number of nitrogens with one attached hydrogen (secondary N) is 1. The highest BCUT2D eigenvalue weighted by atomic mass is 16.5. The Kier molecular flexibility index (Phi) is 7.06. The first-order chi connectivity index (χ1) is 14.1. The molecule has 1 saturated heterocycles. The van der Waals surface area contributed by atoms with Gasteiger partial charge in [-0.2, -0.15) is 0 Å². The molecule has 5 nitrogen and oxygen atoms in total. The minimum absolute atomic E-state index is 0.0445. The van der Waals surface area contributed by atoms with Crippen molar-refractivity contribution in [1.29, 1.82) is 0 Å². The summed E-state index contributed by atoms with van der Waals surface area (Å²) in [5.41, 5.74) is 2.62. The summed E-state index contributed by atoms with van der Waals surface area (Å²) in [5.74, 6) is 1.05. The molecule has 1 fully saturated rings. The molecule has 0 aliphatic carbocycles. The van der Waals surface area contributed by atoms with Gasteiger partial charge < -0.3 is 15.0 Å². The van der Waals surface area contributed by atoms with Crippen LogP contribution in [0.1, 0.15) is 34.3 Å². The molecule has 152 valence electrons. The minimum atomic E-state index is -0.0902. The predicted molar refractivity (Wildman–Crippen MR) is 115 cm³/mol. The molecule has 0 unspecified atom stereocenters. The summed E-state index contributed by atoms with van der Waals surface area (Å²) in [6.45, 7) is 4.01. The monoisotopic (exact) mass is 392 g/mol. The Morgan fingerprint density at radius 1 is 1.14 bits per heavy atom. The van der Waals surface area contributed by atoms with Crippen LogP contribution in [0.3, 0.4) is 0 Å². The Bertz CT molecular complexity index is 869. The number of piperidine rings is 1. The summed E-state index contributed by atoms with van der Waals surface area (Å²) in [7, 11) is 1.61. The van der Waals surface area contributed by atoms with E-state index < -0.39 is 0 Å². The molecule has 0 spiro atoms. The minimum Gasteiger partial charge on any atom is -0.496 e. The van der Waals surface area contributed by atoms with Gasteiger partial charge in [0.25, 0.3) is 5.91 Å². The molecule has 1 N–H and O–H groups in total. The number of benzene rings is 2. The number of methoxy groups -OCH3 is 1. The zero-order chi connectivity index (χ0) is 20.6. The van der Waals surface area contributed by atoms with Gasteiger partial charge >= 0.3 is 0 Å². The van der Waals surface area contributed by atoms with Crippen LogP contribution < -0.4 is 10.1 Å². The molecule has 2 aromatic carbocycles. The number of aryl methyl sites for hydroxylation is 1. The van der Waals surface area contributed by atoms with Gasteiger partial charge in [-0.15, -0.1) is 0 Å². The molecule has 0 bridgehead atoms. The number of amides is 2. The lowest BCUT2D eigenvalue weighted by atomic mass is 9.96. The first kappa shape index (κ1) is 20.6. The number of nitrogens with zero attached hydrogens (tertiary/aromatic N) is 1. The van der Waals surface area contributed by atoms with Gasteiger partial charge in [-0.3, -0.25) is 9.59 Å². The van der Waals surface area contributed by atoms with Crippen molar-refractivity contribution in [2.24, 2.45) is 5.92 Å². The molecule has 0 aromatic heterocycles. The normalized spacial score (nSPS) is 14.8. The fourth-order valence-corrected chi connectivity index (χ4v) is 3.49. The van der Waals surface area contributed by atoms with Crippen molar-refractivity contribution in [3.63, 3.8) is 0 Å². The van der Waals surface area contributed by atoms with E-state index in [1.165, 1.54) is 0 Å². The van der Waals surface area contributed by atoms with Crippen LogP contribution in [-0.4, -0.2) is 43.5 Å². The average molecular weight is 392 g/mol. The van der Waals surface area contributed by atoms with Crippen LogP contribution in [0.4, 0.5) is 0 Å². The van der Waals surface area contributed by atoms with E-state index in [0.717, 1.165) is 37.1 Å². The zero-order valence-electron chi connectivity index (χ0n) is 17.1.